The van der Waals surface area contributed by atoms with Gasteiger partial charge in [0.15, 0.2) is 5.82 Å². The summed E-state index contributed by atoms with van der Waals surface area (Å²) in [5, 5.41) is 7.53. The Kier molecular flexibility index (Phi) is 4.55. The Morgan fingerprint density at radius 2 is 1.87 bits per heavy atom. The molecule has 0 unspecified atom stereocenters. The van der Waals surface area contributed by atoms with Crippen LogP contribution in [0.1, 0.15) is 51.7 Å². The quantitative estimate of drug-likeness (QED) is 0.925. The summed E-state index contributed by atoms with van der Waals surface area (Å²) in [6, 6.07) is 8.46. The Bertz CT molecular complexity index is 638. The normalized spacial score (nSPS) is 15.7. The first-order valence-corrected chi connectivity index (χ1v) is 8.45. The fourth-order valence-electron chi connectivity index (χ4n) is 2.84. The highest BCUT2D eigenvalue weighted by molar-refractivity contribution is 5.70. The van der Waals surface area contributed by atoms with E-state index in [4.69, 9.17) is 4.52 Å². The molecule has 0 amide bonds. The molecule has 1 aromatic carbocycles. The van der Waals surface area contributed by atoms with Gasteiger partial charge in [-0.25, -0.2) is 0 Å². The minimum absolute atomic E-state index is 0.0898. The molecule has 5 heteroatoms. The van der Waals surface area contributed by atoms with Crippen LogP contribution in [0.2, 0.25) is 0 Å². The van der Waals surface area contributed by atoms with E-state index >= 15 is 0 Å². The van der Waals surface area contributed by atoms with Crippen LogP contribution < -0.4 is 10.2 Å². The van der Waals surface area contributed by atoms with Crippen LogP contribution in [0.15, 0.2) is 28.8 Å². The zero-order valence-electron chi connectivity index (χ0n) is 14.3. The van der Waals surface area contributed by atoms with Crippen LogP contribution in [-0.2, 0) is 12.0 Å². The van der Waals surface area contributed by atoms with Gasteiger partial charge in [0, 0.05) is 18.5 Å². The van der Waals surface area contributed by atoms with Crippen molar-refractivity contribution in [3.63, 3.8) is 0 Å². The van der Waals surface area contributed by atoms with E-state index in [9.17, 15) is 0 Å². The van der Waals surface area contributed by atoms with E-state index in [1.165, 1.54) is 24.9 Å². The van der Waals surface area contributed by atoms with Crippen molar-refractivity contribution in [3.05, 3.63) is 36.0 Å². The summed E-state index contributed by atoms with van der Waals surface area (Å²) >= 11 is 0. The minimum atomic E-state index is -0.0898. The number of anilines is 2. The van der Waals surface area contributed by atoms with Crippen molar-refractivity contribution >= 4 is 11.4 Å². The molecule has 1 aromatic heterocycles. The van der Waals surface area contributed by atoms with E-state index in [1.54, 1.807) is 0 Å². The van der Waals surface area contributed by atoms with E-state index < -0.39 is 0 Å². The molecule has 2 heterocycles. The molecule has 2 aromatic rings. The predicted molar refractivity (Wildman–Crippen MR) is 92.8 cm³/mol. The van der Waals surface area contributed by atoms with Gasteiger partial charge < -0.3 is 14.7 Å². The zero-order valence-corrected chi connectivity index (χ0v) is 14.3. The maximum Gasteiger partial charge on any atom is 0.245 e. The predicted octanol–water partition coefficient (Wildman–Crippen LogP) is 3.97. The van der Waals surface area contributed by atoms with Gasteiger partial charge in [-0.15, -0.1) is 0 Å². The molecule has 124 valence electrons. The van der Waals surface area contributed by atoms with Crippen LogP contribution >= 0.6 is 0 Å². The van der Waals surface area contributed by atoms with Crippen molar-refractivity contribution < 1.29 is 4.52 Å². The van der Waals surface area contributed by atoms with Gasteiger partial charge in [0.05, 0.1) is 17.9 Å². The summed E-state index contributed by atoms with van der Waals surface area (Å²) in [4.78, 5) is 6.94. The summed E-state index contributed by atoms with van der Waals surface area (Å²) in [7, 11) is 0. The number of benzene rings is 1. The number of hydrogen-bond acceptors (Lipinski definition) is 5. The van der Waals surface area contributed by atoms with Crippen LogP contribution in [0.5, 0.6) is 0 Å². The third-order valence-corrected chi connectivity index (χ3v) is 4.17. The molecule has 0 aliphatic carbocycles. The van der Waals surface area contributed by atoms with Gasteiger partial charge in [0.2, 0.25) is 5.89 Å². The zero-order chi connectivity index (χ0) is 16.3. The third kappa shape index (κ3) is 3.84. The minimum Gasteiger partial charge on any atom is -0.374 e. The fourth-order valence-corrected chi connectivity index (χ4v) is 2.84. The lowest BCUT2D eigenvalue weighted by Gasteiger charge is -2.30. The summed E-state index contributed by atoms with van der Waals surface area (Å²) in [6.07, 6.45) is 3.88. The molecular weight excluding hydrogens is 288 g/mol. The highest BCUT2D eigenvalue weighted by Gasteiger charge is 2.21. The third-order valence-electron chi connectivity index (χ3n) is 4.17. The second-order valence-corrected chi connectivity index (χ2v) is 7.18. The first-order valence-electron chi connectivity index (χ1n) is 8.45. The summed E-state index contributed by atoms with van der Waals surface area (Å²) in [6.45, 7) is 9.07. The fraction of sp³-hybridized carbons (Fsp3) is 0.556. The number of piperidine rings is 1. The van der Waals surface area contributed by atoms with Gasteiger partial charge in [-0.3, -0.25) is 0 Å². The summed E-state index contributed by atoms with van der Waals surface area (Å²) < 4.78 is 5.36. The number of nitrogens with one attached hydrogen (secondary N) is 1. The van der Waals surface area contributed by atoms with Gasteiger partial charge in [0.25, 0.3) is 0 Å². The molecule has 5 nitrogen and oxygen atoms in total. The molecule has 0 atom stereocenters. The van der Waals surface area contributed by atoms with Crippen LogP contribution in [0.3, 0.4) is 0 Å². The Morgan fingerprint density at radius 3 is 2.57 bits per heavy atom. The van der Waals surface area contributed by atoms with Crippen molar-refractivity contribution in [3.8, 4) is 0 Å². The highest BCUT2D eigenvalue weighted by atomic mass is 16.5. The first-order chi connectivity index (χ1) is 11.0. The number of aromatic nitrogens is 2. The van der Waals surface area contributed by atoms with E-state index in [-0.39, 0.29) is 5.41 Å². The lowest BCUT2D eigenvalue weighted by molar-refractivity contribution is 0.367. The van der Waals surface area contributed by atoms with Crippen LogP contribution in [0, 0.1) is 0 Å². The van der Waals surface area contributed by atoms with E-state index in [1.807, 2.05) is 0 Å². The number of nitrogens with zero attached hydrogens (tertiary/aromatic N) is 3. The molecule has 23 heavy (non-hydrogen) atoms. The van der Waals surface area contributed by atoms with Crippen LogP contribution in [0.25, 0.3) is 0 Å². The van der Waals surface area contributed by atoms with Crippen molar-refractivity contribution in [2.45, 2.75) is 52.0 Å². The Labute approximate surface area is 138 Å². The molecule has 1 N–H and O–H groups in total. The lowest BCUT2D eigenvalue weighted by atomic mass is 9.96. The number of para-hydroxylation sites is 2. The van der Waals surface area contributed by atoms with Crippen LogP contribution in [-0.4, -0.2) is 23.2 Å². The summed E-state index contributed by atoms with van der Waals surface area (Å²) in [5.74, 6) is 1.38. The van der Waals surface area contributed by atoms with E-state index in [0.29, 0.717) is 12.4 Å². The second kappa shape index (κ2) is 6.60. The maximum atomic E-state index is 5.36. The average Bonchev–Trinajstić information content (AvgIpc) is 3.03. The molecule has 1 fully saturated rings. The Hall–Kier alpha value is -2.04. The largest absolute Gasteiger partial charge is 0.374 e. The van der Waals surface area contributed by atoms with Gasteiger partial charge in [0.1, 0.15) is 0 Å². The molecule has 1 saturated heterocycles. The molecule has 0 bridgehead atoms. The SMILES string of the molecule is CC(C)(C)c1noc(CNc2ccccc2N2CCCCC2)n1. The molecule has 0 saturated carbocycles. The Balaban J connectivity index is 1.69. The topological polar surface area (TPSA) is 54.2 Å². The molecule has 0 radical (unpaired) electrons. The Morgan fingerprint density at radius 1 is 1.13 bits per heavy atom. The maximum absolute atomic E-state index is 5.36. The molecule has 0 spiro atoms. The highest BCUT2D eigenvalue weighted by Crippen LogP contribution is 2.28. The molecular formula is C18H26N4O. The van der Waals surface area contributed by atoms with Crippen LogP contribution in [0.4, 0.5) is 11.4 Å². The molecule has 3 rings (SSSR count). The number of rotatable bonds is 4. The van der Waals surface area contributed by atoms with Gasteiger partial charge in [-0.05, 0) is 31.4 Å². The van der Waals surface area contributed by atoms with Crippen molar-refractivity contribution in [1.82, 2.24) is 10.1 Å². The van der Waals surface area contributed by atoms with Crippen molar-refractivity contribution in [1.29, 1.82) is 0 Å². The first kappa shape index (κ1) is 15.8. The van der Waals surface area contributed by atoms with Gasteiger partial charge in [-0.1, -0.05) is 38.1 Å². The van der Waals surface area contributed by atoms with Gasteiger partial charge >= 0.3 is 0 Å². The summed E-state index contributed by atoms with van der Waals surface area (Å²) in [5.41, 5.74) is 2.31. The van der Waals surface area contributed by atoms with Gasteiger partial charge in [-0.2, -0.15) is 4.98 Å². The molecule has 1 aliphatic rings. The van der Waals surface area contributed by atoms with Crippen molar-refractivity contribution in [2.24, 2.45) is 0 Å². The smallest absolute Gasteiger partial charge is 0.245 e. The lowest BCUT2D eigenvalue weighted by Crippen LogP contribution is -2.30. The standard InChI is InChI=1S/C18H26N4O/c1-18(2,3)17-20-16(23-21-17)13-19-14-9-5-6-10-15(14)22-11-7-4-8-12-22/h5-6,9-10,19H,4,7-8,11-13H2,1-3H3. The van der Waals surface area contributed by atoms with E-state index in [0.717, 1.165) is 24.6 Å². The molecule has 1 aliphatic heterocycles. The second-order valence-electron chi connectivity index (χ2n) is 7.18. The number of hydrogen-bond donors (Lipinski definition) is 1. The van der Waals surface area contributed by atoms with Crippen molar-refractivity contribution in [2.75, 3.05) is 23.3 Å². The monoisotopic (exact) mass is 314 g/mol. The average molecular weight is 314 g/mol. The van der Waals surface area contributed by atoms with E-state index in [2.05, 4.69) is 65.4 Å².